The number of rotatable bonds is 7. The van der Waals surface area contributed by atoms with Crippen molar-refractivity contribution in [3.63, 3.8) is 0 Å². The minimum absolute atomic E-state index is 0.0132. The number of aliphatic hydroxyl groups is 1. The molecular weight excluding hydrogens is 494 g/mol. The molecule has 4 rings (SSSR count). The Balaban J connectivity index is 1.95. The highest BCUT2D eigenvalue weighted by Crippen LogP contribution is 2.44. The highest BCUT2D eigenvalue weighted by molar-refractivity contribution is 6.51. The van der Waals surface area contributed by atoms with Crippen molar-refractivity contribution in [2.24, 2.45) is 0 Å². The van der Waals surface area contributed by atoms with Gasteiger partial charge in [0.15, 0.2) is 0 Å². The largest absolute Gasteiger partial charge is 0.507 e. The van der Waals surface area contributed by atoms with E-state index in [1.165, 1.54) is 12.0 Å². The molecule has 0 aromatic heterocycles. The van der Waals surface area contributed by atoms with Crippen LogP contribution in [0.15, 0.2) is 72.3 Å². The van der Waals surface area contributed by atoms with Gasteiger partial charge in [-0.3, -0.25) is 14.5 Å². The molecule has 0 bridgehead atoms. The van der Waals surface area contributed by atoms with Gasteiger partial charge in [0, 0.05) is 5.69 Å². The number of nitrogens with zero attached hydrogens (tertiary/aromatic N) is 1. The zero-order valence-electron chi connectivity index (χ0n) is 23.4. The SMILES string of the molecule is COc1cccc(C2/C(=C(\O)c3cc(C(C)(C)C)ccc3OC)C(=O)C(=O)N2c2ccc(OC(C)C)cc2)c1. The number of hydrogen-bond acceptors (Lipinski definition) is 6. The molecule has 0 spiro atoms. The van der Waals surface area contributed by atoms with Crippen LogP contribution in [0, 0.1) is 0 Å². The molecule has 1 unspecified atom stereocenters. The van der Waals surface area contributed by atoms with E-state index in [1.807, 2.05) is 26.0 Å². The van der Waals surface area contributed by atoms with E-state index < -0.39 is 17.7 Å². The monoisotopic (exact) mass is 529 g/mol. The van der Waals surface area contributed by atoms with Crippen molar-refractivity contribution in [2.45, 2.75) is 52.2 Å². The molecule has 1 heterocycles. The maximum absolute atomic E-state index is 13.6. The third kappa shape index (κ3) is 5.48. The van der Waals surface area contributed by atoms with Crippen molar-refractivity contribution in [2.75, 3.05) is 19.1 Å². The Bertz CT molecular complexity index is 1420. The highest BCUT2D eigenvalue weighted by atomic mass is 16.5. The van der Waals surface area contributed by atoms with E-state index in [2.05, 4.69) is 20.8 Å². The van der Waals surface area contributed by atoms with Gasteiger partial charge in [0.05, 0.1) is 37.5 Å². The summed E-state index contributed by atoms with van der Waals surface area (Å²) in [4.78, 5) is 28.6. The van der Waals surface area contributed by atoms with Crippen molar-refractivity contribution >= 4 is 23.1 Å². The van der Waals surface area contributed by atoms with Crippen LogP contribution < -0.4 is 19.1 Å². The van der Waals surface area contributed by atoms with Gasteiger partial charge < -0.3 is 19.3 Å². The van der Waals surface area contributed by atoms with E-state index in [-0.39, 0.29) is 22.9 Å². The second-order valence-corrected chi connectivity index (χ2v) is 10.8. The van der Waals surface area contributed by atoms with Crippen LogP contribution in [0.1, 0.15) is 57.4 Å². The Morgan fingerprint density at radius 2 is 1.59 bits per heavy atom. The molecule has 1 aliphatic heterocycles. The van der Waals surface area contributed by atoms with Gasteiger partial charge in [-0.15, -0.1) is 0 Å². The normalized spacial score (nSPS) is 17.0. The smallest absolute Gasteiger partial charge is 0.300 e. The molecule has 1 aliphatic rings. The van der Waals surface area contributed by atoms with Crippen molar-refractivity contribution in [1.29, 1.82) is 0 Å². The van der Waals surface area contributed by atoms with Crippen molar-refractivity contribution in [3.05, 3.63) is 89.0 Å². The first-order valence-electron chi connectivity index (χ1n) is 12.9. The van der Waals surface area contributed by atoms with E-state index >= 15 is 0 Å². The van der Waals surface area contributed by atoms with Crippen LogP contribution >= 0.6 is 0 Å². The number of Topliss-reactive ketones (excluding diaryl/α,β-unsaturated/α-hetero) is 1. The number of ether oxygens (including phenoxy) is 3. The molecule has 3 aromatic carbocycles. The third-order valence-corrected chi connectivity index (χ3v) is 6.66. The molecule has 204 valence electrons. The molecule has 7 nitrogen and oxygen atoms in total. The van der Waals surface area contributed by atoms with Gasteiger partial charge in [-0.2, -0.15) is 0 Å². The molecule has 1 amide bonds. The van der Waals surface area contributed by atoms with Gasteiger partial charge >= 0.3 is 0 Å². The lowest BCUT2D eigenvalue weighted by molar-refractivity contribution is -0.132. The first-order chi connectivity index (χ1) is 18.5. The summed E-state index contributed by atoms with van der Waals surface area (Å²) in [6.07, 6.45) is -0.0132. The molecule has 7 heteroatoms. The number of hydrogen-bond donors (Lipinski definition) is 1. The van der Waals surface area contributed by atoms with Crippen LogP contribution in [0.3, 0.4) is 0 Å². The molecule has 0 radical (unpaired) electrons. The number of carbonyl (C=O) groups is 2. The van der Waals surface area contributed by atoms with Crippen LogP contribution in [0.25, 0.3) is 5.76 Å². The average Bonchev–Trinajstić information content (AvgIpc) is 3.17. The molecule has 1 N–H and O–H groups in total. The number of ketones is 1. The molecule has 39 heavy (non-hydrogen) atoms. The average molecular weight is 530 g/mol. The van der Waals surface area contributed by atoms with Crippen LogP contribution in [0.2, 0.25) is 0 Å². The lowest BCUT2D eigenvalue weighted by atomic mass is 9.85. The number of benzene rings is 3. The quantitative estimate of drug-likeness (QED) is 0.216. The fraction of sp³-hybridized carbons (Fsp3) is 0.312. The van der Waals surface area contributed by atoms with E-state index in [0.29, 0.717) is 34.1 Å². The summed E-state index contributed by atoms with van der Waals surface area (Å²) in [6, 6.07) is 18.7. The maximum Gasteiger partial charge on any atom is 0.300 e. The highest BCUT2D eigenvalue weighted by Gasteiger charge is 2.47. The van der Waals surface area contributed by atoms with Crippen LogP contribution in [-0.2, 0) is 15.0 Å². The number of carbonyl (C=O) groups excluding carboxylic acids is 2. The Labute approximate surface area is 229 Å². The third-order valence-electron chi connectivity index (χ3n) is 6.66. The lowest BCUT2D eigenvalue weighted by Crippen LogP contribution is -2.29. The maximum atomic E-state index is 13.6. The molecular formula is C32H35NO6. The number of amides is 1. The van der Waals surface area contributed by atoms with Crippen LogP contribution in [0.5, 0.6) is 17.2 Å². The number of aliphatic hydroxyl groups excluding tert-OH is 1. The summed E-state index contributed by atoms with van der Waals surface area (Å²) < 4.78 is 16.7. The van der Waals surface area contributed by atoms with E-state index in [9.17, 15) is 14.7 Å². The number of anilines is 1. The van der Waals surface area contributed by atoms with Crippen molar-refractivity contribution in [3.8, 4) is 17.2 Å². The molecule has 0 saturated carbocycles. The zero-order valence-corrected chi connectivity index (χ0v) is 23.4. The predicted molar refractivity (Wildman–Crippen MR) is 152 cm³/mol. The van der Waals surface area contributed by atoms with E-state index in [4.69, 9.17) is 14.2 Å². The van der Waals surface area contributed by atoms with Gasteiger partial charge in [0.2, 0.25) is 0 Å². The Kier molecular flexibility index (Phi) is 7.72. The molecule has 3 aromatic rings. The molecule has 0 aliphatic carbocycles. The molecule has 1 atom stereocenters. The summed E-state index contributed by atoms with van der Waals surface area (Å²) in [7, 11) is 3.05. The summed E-state index contributed by atoms with van der Waals surface area (Å²) in [5.41, 5.74) is 2.15. The molecule has 1 saturated heterocycles. The standard InChI is InChI=1S/C32H35NO6/c1-19(2)39-23-14-12-22(13-15-23)33-28(20-9-8-10-24(17-20)37-6)27(30(35)31(33)36)29(34)25-18-21(32(3,4)5)11-16-26(25)38-7/h8-19,28,34H,1-7H3/b29-27+. The number of methoxy groups -OCH3 is 2. The van der Waals surface area contributed by atoms with Gasteiger partial charge in [-0.1, -0.05) is 39.0 Å². The van der Waals surface area contributed by atoms with Crippen LogP contribution in [0.4, 0.5) is 5.69 Å². The van der Waals surface area contributed by atoms with Crippen molar-refractivity contribution in [1.82, 2.24) is 0 Å². The molecule has 1 fully saturated rings. The second kappa shape index (κ2) is 10.8. The first kappa shape index (κ1) is 27.8. The topological polar surface area (TPSA) is 85.3 Å². The summed E-state index contributed by atoms with van der Waals surface area (Å²) >= 11 is 0. The minimum atomic E-state index is -0.903. The summed E-state index contributed by atoms with van der Waals surface area (Å²) in [5.74, 6) is -0.227. The Hall–Kier alpha value is -4.26. The van der Waals surface area contributed by atoms with Gasteiger partial charge in [-0.05, 0) is 78.9 Å². The fourth-order valence-electron chi connectivity index (χ4n) is 4.69. The van der Waals surface area contributed by atoms with Gasteiger partial charge in [0.25, 0.3) is 11.7 Å². The Morgan fingerprint density at radius 3 is 2.18 bits per heavy atom. The summed E-state index contributed by atoms with van der Waals surface area (Å²) in [6.45, 7) is 10.0. The zero-order chi connectivity index (χ0) is 28.5. The predicted octanol–water partition coefficient (Wildman–Crippen LogP) is 6.41. The first-order valence-corrected chi connectivity index (χ1v) is 12.9. The summed E-state index contributed by atoms with van der Waals surface area (Å²) in [5, 5.41) is 11.7. The Morgan fingerprint density at radius 1 is 0.897 bits per heavy atom. The minimum Gasteiger partial charge on any atom is -0.507 e. The second-order valence-electron chi connectivity index (χ2n) is 10.8. The van der Waals surface area contributed by atoms with E-state index in [1.54, 1.807) is 61.7 Å². The lowest BCUT2D eigenvalue weighted by Gasteiger charge is -2.26. The fourth-order valence-corrected chi connectivity index (χ4v) is 4.69. The van der Waals surface area contributed by atoms with E-state index in [0.717, 1.165) is 5.56 Å². The van der Waals surface area contributed by atoms with Crippen molar-refractivity contribution < 1.29 is 28.9 Å². The van der Waals surface area contributed by atoms with Crippen LogP contribution in [-0.4, -0.2) is 37.1 Å². The van der Waals surface area contributed by atoms with Gasteiger partial charge in [-0.25, -0.2) is 0 Å². The van der Waals surface area contributed by atoms with Gasteiger partial charge in [0.1, 0.15) is 23.0 Å².